The van der Waals surface area contributed by atoms with Gasteiger partial charge in [-0.3, -0.25) is 4.55 Å². The van der Waals surface area contributed by atoms with Crippen molar-refractivity contribution in [1.29, 1.82) is 0 Å². The summed E-state index contributed by atoms with van der Waals surface area (Å²) in [6.07, 6.45) is -4.52. The second-order valence-corrected chi connectivity index (χ2v) is 8.51. The number of carbonyl (C=O) groups excluding carboxylic acids is 1. The molecule has 0 amide bonds. The zero-order valence-electron chi connectivity index (χ0n) is 17.3. The molecule has 0 aliphatic rings. The van der Waals surface area contributed by atoms with Crippen molar-refractivity contribution in [3.8, 4) is 17.6 Å². The van der Waals surface area contributed by atoms with Gasteiger partial charge in [0.1, 0.15) is 18.1 Å². The van der Waals surface area contributed by atoms with E-state index < -0.39 is 51.5 Å². The minimum Gasteiger partial charge on any atom is -0.474 e. The van der Waals surface area contributed by atoms with Gasteiger partial charge < -0.3 is 9.47 Å². The molecule has 2 rings (SSSR count). The average Bonchev–Trinajstić information content (AvgIpc) is 2.71. The zero-order valence-corrected chi connectivity index (χ0v) is 18.1. The summed E-state index contributed by atoms with van der Waals surface area (Å²) in [6.45, 7) is 2.56. The van der Waals surface area contributed by atoms with Gasteiger partial charge in [-0.25, -0.2) is 4.79 Å². The molecule has 0 spiro atoms. The summed E-state index contributed by atoms with van der Waals surface area (Å²) >= 11 is 0. The Morgan fingerprint density at radius 1 is 1.12 bits per heavy atom. The molecule has 2 aromatic carbocycles. The second kappa shape index (κ2) is 10.1. The summed E-state index contributed by atoms with van der Waals surface area (Å²) in [5.41, 5.74) is -2.03. The standard InChI is InChI=1S/C22H21F3O6S/c1-3-21(2,12-11-16-7-5-4-6-8-16)31-19-15-17(9-10-18(19)22(23,24)25)20(26)30-13-14-32(27,28)29/h4-10,15H,3,13-14H2,1-2H3,(H,27,28,29). The lowest BCUT2D eigenvalue weighted by atomic mass is 10.0. The van der Waals surface area contributed by atoms with Crippen LogP contribution >= 0.6 is 0 Å². The van der Waals surface area contributed by atoms with Crippen LogP contribution < -0.4 is 4.74 Å². The third-order valence-electron chi connectivity index (χ3n) is 4.35. The molecule has 1 N–H and O–H groups in total. The highest BCUT2D eigenvalue weighted by Crippen LogP contribution is 2.38. The normalized spacial score (nSPS) is 13.4. The van der Waals surface area contributed by atoms with Crippen molar-refractivity contribution in [2.75, 3.05) is 12.4 Å². The number of alkyl halides is 3. The van der Waals surface area contributed by atoms with Gasteiger partial charge in [-0.05, 0) is 43.7 Å². The Morgan fingerprint density at radius 2 is 1.78 bits per heavy atom. The van der Waals surface area contributed by atoms with E-state index in [-0.39, 0.29) is 12.0 Å². The number of hydrogen-bond donors (Lipinski definition) is 1. The number of ether oxygens (including phenoxy) is 2. The number of benzene rings is 2. The van der Waals surface area contributed by atoms with Crippen molar-refractivity contribution < 1.29 is 40.4 Å². The maximum atomic E-state index is 13.5. The van der Waals surface area contributed by atoms with Crippen LogP contribution in [0.2, 0.25) is 0 Å². The van der Waals surface area contributed by atoms with E-state index in [2.05, 4.69) is 11.8 Å². The van der Waals surface area contributed by atoms with Crippen LogP contribution in [-0.4, -0.2) is 36.9 Å². The number of rotatable bonds is 7. The molecule has 1 unspecified atom stereocenters. The van der Waals surface area contributed by atoms with Crippen molar-refractivity contribution in [3.05, 3.63) is 65.2 Å². The number of esters is 1. The summed E-state index contributed by atoms with van der Waals surface area (Å²) in [5.74, 6) is 3.18. The van der Waals surface area contributed by atoms with Crippen molar-refractivity contribution in [2.24, 2.45) is 0 Å². The zero-order chi connectivity index (χ0) is 24.0. The van der Waals surface area contributed by atoms with Gasteiger partial charge in [-0.1, -0.05) is 37.0 Å². The topological polar surface area (TPSA) is 89.9 Å². The predicted octanol–water partition coefficient (Wildman–Crippen LogP) is 4.35. The third-order valence-corrected chi connectivity index (χ3v) is 5.03. The Bertz CT molecular complexity index is 1120. The first-order valence-electron chi connectivity index (χ1n) is 9.44. The Balaban J connectivity index is 2.35. The molecule has 0 saturated carbocycles. The van der Waals surface area contributed by atoms with E-state index in [0.29, 0.717) is 11.6 Å². The highest BCUT2D eigenvalue weighted by molar-refractivity contribution is 7.85. The fourth-order valence-corrected chi connectivity index (χ4v) is 2.74. The largest absolute Gasteiger partial charge is 0.474 e. The third kappa shape index (κ3) is 7.59. The maximum absolute atomic E-state index is 13.5. The van der Waals surface area contributed by atoms with Crippen LogP contribution in [0.3, 0.4) is 0 Å². The first-order chi connectivity index (χ1) is 14.8. The molecular weight excluding hydrogens is 449 g/mol. The molecule has 10 heteroatoms. The summed E-state index contributed by atoms with van der Waals surface area (Å²) in [4.78, 5) is 12.1. The Hall–Kier alpha value is -3.03. The molecule has 2 aromatic rings. The predicted molar refractivity (Wildman–Crippen MR) is 111 cm³/mol. The fraction of sp³-hybridized carbons (Fsp3) is 0.318. The molecule has 0 aliphatic carbocycles. The van der Waals surface area contributed by atoms with Crippen LogP contribution in [0.25, 0.3) is 0 Å². The summed E-state index contributed by atoms with van der Waals surface area (Å²) < 4.78 is 81.0. The van der Waals surface area contributed by atoms with Gasteiger partial charge in [-0.15, -0.1) is 0 Å². The highest BCUT2D eigenvalue weighted by Gasteiger charge is 2.37. The van der Waals surface area contributed by atoms with Crippen LogP contribution in [0, 0.1) is 11.8 Å². The summed E-state index contributed by atoms with van der Waals surface area (Å²) in [6, 6.07) is 11.3. The monoisotopic (exact) mass is 470 g/mol. The van der Waals surface area contributed by atoms with Crippen LogP contribution in [0.15, 0.2) is 48.5 Å². The van der Waals surface area contributed by atoms with Gasteiger partial charge in [0.05, 0.1) is 11.1 Å². The molecule has 0 saturated heterocycles. The van der Waals surface area contributed by atoms with Crippen LogP contribution in [0.5, 0.6) is 5.75 Å². The Morgan fingerprint density at radius 3 is 2.34 bits per heavy atom. The lowest BCUT2D eigenvalue weighted by molar-refractivity contribution is -0.139. The number of carbonyl (C=O) groups is 1. The number of hydrogen-bond acceptors (Lipinski definition) is 5. The maximum Gasteiger partial charge on any atom is 0.419 e. The first kappa shape index (κ1) is 25.2. The molecule has 172 valence electrons. The molecule has 0 heterocycles. The SMILES string of the molecule is CCC(C)(C#Cc1ccccc1)Oc1cc(C(=O)OCCS(=O)(=O)O)ccc1C(F)(F)F. The van der Waals surface area contributed by atoms with E-state index >= 15 is 0 Å². The van der Waals surface area contributed by atoms with Gasteiger partial charge >= 0.3 is 12.1 Å². The lowest BCUT2D eigenvalue weighted by Crippen LogP contribution is -2.30. The van der Waals surface area contributed by atoms with Crippen LogP contribution in [-0.2, 0) is 21.0 Å². The average molecular weight is 470 g/mol. The molecule has 32 heavy (non-hydrogen) atoms. The number of halogens is 3. The van der Waals surface area contributed by atoms with Gasteiger partial charge in [0.15, 0.2) is 5.60 Å². The first-order valence-corrected chi connectivity index (χ1v) is 11.0. The van der Waals surface area contributed by atoms with E-state index in [4.69, 9.17) is 14.0 Å². The van der Waals surface area contributed by atoms with Crippen molar-refractivity contribution in [2.45, 2.75) is 32.0 Å². The second-order valence-electron chi connectivity index (χ2n) is 6.93. The van der Waals surface area contributed by atoms with Crippen molar-refractivity contribution >= 4 is 16.1 Å². The molecular formula is C22H21F3O6S. The molecule has 0 fully saturated rings. The van der Waals surface area contributed by atoms with Crippen LogP contribution in [0.4, 0.5) is 13.2 Å². The minimum atomic E-state index is -4.76. The van der Waals surface area contributed by atoms with Crippen molar-refractivity contribution in [3.63, 3.8) is 0 Å². The molecule has 0 aromatic heterocycles. The van der Waals surface area contributed by atoms with Gasteiger partial charge in [0, 0.05) is 5.56 Å². The van der Waals surface area contributed by atoms with Crippen molar-refractivity contribution in [1.82, 2.24) is 0 Å². The summed E-state index contributed by atoms with van der Waals surface area (Å²) in [7, 11) is -4.36. The summed E-state index contributed by atoms with van der Waals surface area (Å²) in [5, 5.41) is 0. The van der Waals surface area contributed by atoms with E-state index in [1.807, 2.05) is 0 Å². The molecule has 0 radical (unpaired) electrons. The smallest absolute Gasteiger partial charge is 0.419 e. The Kier molecular flexibility index (Phi) is 7.93. The van der Waals surface area contributed by atoms with Gasteiger partial charge in [0.25, 0.3) is 10.1 Å². The van der Waals surface area contributed by atoms with Crippen LogP contribution in [0.1, 0.15) is 41.8 Å². The molecule has 0 bridgehead atoms. The van der Waals surface area contributed by atoms with E-state index in [1.165, 1.54) is 6.92 Å². The fourth-order valence-electron chi connectivity index (χ4n) is 2.45. The molecule has 0 aliphatic heterocycles. The highest BCUT2D eigenvalue weighted by atomic mass is 32.2. The molecule has 1 atom stereocenters. The van der Waals surface area contributed by atoms with E-state index in [9.17, 15) is 26.4 Å². The van der Waals surface area contributed by atoms with E-state index in [0.717, 1.165) is 12.1 Å². The molecule has 6 nitrogen and oxygen atoms in total. The minimum absolute atomic E-state index is 0.243. The van der Waals surface area contributed by atoms with E-state index in [1.54, 1.807) is 37.3 Å². The Labute approximate surface area is 184 Å². The van der Waals surface area contributed by atoms with Gasteiger partial charge in [-0.2, -0.15) is 21.6 Å². The van der Waals surface area contributed by atoms with Gasteiger partial charge in [0.2, 0.25) is 0 Å². The lowest BCUT2D eigenvalue weighted by Gasteiger charge is -2.26. The quantitative estimate of drug-likeness (QED) is 0.368.